The van der Waals surface area contributed by atoms with E-state index in [-0.39, 0.29) is 5.92 Å². The summed E-state index contributed by atoms with van der Waals surface area (Å²) in [5.41, 5.74) is 2.34. The zero-order valence-electron chi connectivity index (χ0n) is 15.7. The van der Waals surface area contributed by atoms with Crippen LogP contribution >= 0.6 is 0 Å². The predicted octanol–water partition coefficient (Wildman–Crippen LogP) is 2.86. The summed E-state index contributed by atoms with van der Waals surface area (Å²) >= 11 is 0. The molecule has 2 aliphatic rings. The average molecular weight is 352 g/mol. The average Bonchev–Trinajstić information content (AvgIpc) is 3.18. The van der Waals surface area contributed by atoms with Gasteiger partial charge in [0.15, 0.2) is 0 Å². The SMILES string of the molecule is CCCc1ncc(CN2C[C@@H]3CC[C@@](O)(c4ncccc4C)[C@@H]3C2)cn1. The minimum absolute atomic E-state index is 0.261. The van der Waals surface area contributed by atoms with Crippen LogP contribution in [-0.2, 0) is 18.6 Å². The maximum absolute atomic E-state index is 11.5. The van der Waals surface area contributed by atoms with Crippen LogP contribution in [0.4, 0.5) is 0 Å². The minimum atomic E-state index is -0.785. The number of pyridine rings is 1. The first-order valence-corrected chi connectivity index (χ1v) is 9.76. The lowest BCUT2D eigenvalue weighted by Gasteiger charge is -2.31. The molecule has 5 nitrogen and oxygen atoms in total. The van der Waals surface area contributed by atoms with Crippen molar-refractivity contribution in [3.8, 4) is 0 Å². The highest BCUT2D eigenvalue weighted by Gasteiger charge is 2.53. The summed E-state index contributed by atoms with van der Waals surface area (Å²) in [6, 6.07) is 3.99. The summed E-state index contributed by atoms with van der Waals surface area (Å²) < 4.78 is 0. The molecular weight excluding hydrogens is 324 g/mol. The molecule has 0 bridgehead atoms. The standard InChI is InChI=1S/C21H28N4O/c1-3-5-19-23-10-16(11-24-19)12-25-13-17-7-8-21(26,18(17)14-25)20-15(2)6-4-9-22-20/h4,6,9-11,17-18,26H,3,5,7-8,12-14H2,1-2H3/t17-,18+,21-/m0/s1. The number of likely N-dealkylation sites (tertiary alicyclic amines) is 1. The van der Waals surface area contributed by atoms with Gasteiger partial charge in [-0.3, -0.25) is 9.88 Å². The quantitative estimate of drug-likeness (QED) is 0.896. The van der Waals surface area contributed by atoms with Crippen LogP contribution in [0.25, 0.3) is 0 Å². The molecule has 5 heteroatoms. The van der Waals surface area contributed by atoms with Gasteiger partial charge in [0, 0.05) is 56.1 Å². The molecule has 1 N–H and O–H groups in total. The van der Waals surface area contributed by atoms with Crippen molar-refractivity contribution in [2.45, 2.75) is 51.7 Å². The molecule has 4 rings (SSSR count). The topological polar surface area (TPSA) is 62.1 Å². The van der Waals surface area contributed by atoms with Crippen LogP contribution in [0.1, 0.15) is 48.8 Å². The molecule has 26 heavy (non-hydrogen) atoms. The summed E-state index contributed by atoms with van der Waals surface area (Å²) in [6.45, 7) is 7.00. The van der Waals surface area contributed by atoms with Gasteiger partial charge in [-0.25, -0.2) is 9.97 Å². The Kier molecular flexibility index (Phi) is 4.76. The van der Waals surface area contributed by atoms with Crippen LogP contribution in [-0.4, -0.2) is 38.0 Å². The summed E-state index contributed by atoms with van der Waals surface area (Å²) in [6.07, 6.45) is 9.62. The van der Waals surface area contributed by atoms with E-state index >= 15 is 0 Å². The minimum Gasteiger partial charge on any atom is -0.383 e. The molecule has 3 heterocycles. The van der Waals surface area contributed by atoms with E-state index in [4.69, 9.17) is 0 Å². The fourth-order valence-corrected chi connectivity index (χ4v) is 4.82. The van der Waals surface area contributed by atoms with Crippen molar-refractivity contribution in [2.24, 2.45) is 11.8 Å². The van der Waals surface area contributed by atoms with E-state index in [0.717, 1.165) is 68.0 Å². The molecule has 138 valence electrons. The highest BCUT2D eigenvalue weighted by Crippen LogP contribution is 2.50. The number of hydrogen-bond acceptors (Lipinski definition) is 5. The van der Waals surface area contributed by atoms with Gasteiger partial charge in [0.1, 0.15) is 11.4 Å². The second kappa shape index (κ2) is 7.05. The van der Waals surface area contributed by atoms with Gasteiger partial charge in [-0.05, 0) is 43.7 Å². The number of aryl methyl sites for hydroxylation is 2. The Hall–Kier alpha value is -1.85. The van der Waals surface area contributed by atoms with Crippen molar-refractivity contribution in [3.05, 3.63) is 53.4 Å². The fraction of sp³-hybridized carbons (Fsp3) is 0.571. The lowest BCUT2D eigenvalue weighted by Crippen LogP contribution is -2.36. The number of nitrogens with zero attached hydrogens (tertiary/aromatic N) is 4. The zero-order chi connectivity index (χ0) is 18.1. The lowest BCUT2D eigenvalue weighted by molar-refractivity contribution is -0.0114. The van der Waals surface area contributed by atoms with Crippen molar-refractivity contribution in [3.63, 3.8) is 0 Å². The Morgan fingerprint density at radius 2 is 2.04 bits per heavy atom. The van der Waals surface area contributed by atoms with Crippen molar-refractivity contribution in [2.75, 3.05) is 13.1 Å². The Morgan fingerprint density at radius 3 is 2.77 bits per heavy atom. The van der Waals surface area contributed by atoms with Crippen LogP contribution < -0.4 is 0 Å². The monoisotopic (exact) mass is 352 g/mol. The predicted molar refractivity (Wildman–Crippen MR) is 100 cm³/mol. The number of aliphatic hydroxyl groups is 1. The Morgan fingerprint density at radius 1 is 1.23 bits per heavy atom. The molecule has 3 atom stereocenters. The number of hydrogen-bond donors (Lipinski definition) is 1. The molecule has 1 saturated carbocycles. The van der Waals surface area contributed by atoms with Gasteiger partial charge in [-0.15, -0.1) is 0 Å². The van der Waals surface area contributed by atoms with E-state index in [1.54, 1.807) is 6.20 Å². The maximum Gasteiger partial charge on any atom is 0.128 e. The number of aromatic nitrogens is 3. The van der Waals surface area contributed by atoms with Crippen LogP contribution in [0, 0.1) is 18.8 Å². The van der Waals surface area contributed by atoms with Gasteiger partial charge in [0.2, 0.25) is 0 Å². The molecule has 0 radical (unpaired) electrons. The fourth-order valence-electron chi connectivity index (χ4n) is 4.82. The Labute approximate surface area is 155 Å². The molecule has 0 aromatic carbocycles. The number of fused-ring (bicyclic) bond motifs is 1. The van der Waals surface area contributed by atoms with E-state index in [0.29, 0.717) is 5.92 Å². The van der Waals surface area contributed by atoms with Crippen molar-refractivity contribution < 1.29 is 5.11 Å². The van der Waals surface area contributed by atoms with Gasteiger partial charge in [-0.2, -0.15) is 0 Å². The third kappa shape index (κ3) is 3.14. The van der Waals surface area contributed by atoms with Gasteiger partial charge in [0.05, 0.1) is 5.69 Å². The molecule has 1 aliphatic carbocycles. The van der Waals surface area contributed by atoms with Crippen molar-refractivity contribution >= 4 is 0 Å². The van der Waals surface area contributed by atoms with Gasteiger partial charge in [0.25, 0.3) is 0 Å². The summed E-state index contributed by atoms with van der Waals surface area (Å²) in [4.78, 5) is 15.9. The maximum atomic E-state index is 11.5. The third-order valence-corrected chi connectivity index (χ3v) is 6.08. The highest BCUT2D eigenvalue weighted by atomic mass is 16.3. The van der Waals surface area contributed by atoms with Crippen LogP contribution in [0.2, 0.25) is 0 Å². The highest BCUT2D eigenvalue weighted by molar-refractivity contribution is 5.27. The van der Waals surface area contributed by atoms with E-state index in [2.05, 4.69) is 39.8 Å². The van der Waals surface area contributed by atoms with Crippen LogP contribution in [0.15, 0.2) is 30.7 Å². The molecule has 0 amide bonds. The van der Waals surface area contributed by atoms with E-state index in [1.807, 2.05) is 18.5 Å². The van der Waals surface area contributed by atoms with E-state index in [1.165, 1.54) is 0 Å². The molecule has 2 aromatic rings. The molecule has 2 aromatic heterocycles. The summed E-state index contributed by atoms with van der Waals surface area (Å²) in [5.74, 6) is 1.73. The number of rotatable bonds is 5. The van der Waals surface area contributed by atoms with E-state index < -0.39 is 5.60 Å². The first-order chi connectivity index (χ1) is 12.6. The van der Waals surface area contributed by atoms with Gasteiger partial charge < -0.3 is 5.11 Å². The lowest BCUT2D eigenvalue weighted by atomic mass is 9.83. The molecular formula is C21H28N4O. The first kappa shape index (κ1) is 17.6. The largest absolute Gasteiger partial charge is 0.383 e. The van der Waals surface area contributed by atoms with E-state index in [9.17, 15) is 5.11 Å². The van der Waals surface area contributed by atoms with Crippen LogP contribution in [0.5, 0.6) is 0 Å². The van der Waals surface area contributed by atoms with Gasteiger partial charge in [-0.1, -0.05) is 13.0 Å². The summed E-state index contributed by atoms with van der Waals surface area (Å²) in [5, 5.41) is 11.5. The Bertz CT molecular complexity index is 763. The molecule has 2 fully saturated rings. The summed E-state index contributed by atoms with van der Waals surface area (Å²) in [7, 11) is 0. The molecule has 1 saturated heterocycles. The second-order valence-corrected chi connectivity index (χ2v) is 7.95. The normalized spacial score (nSPS) is 28.4. The molecule has 0 spiro atoms. The van der Waals surface area contributed by atoms with Crippen LogP contribution in [0.3, 0.4) is 0 Å². The van der Waals surface area contributed by atoms with Crippen molar-refractivity contribution in [1.29, 1.82) is 0 Å². The smallest absolute Gasteiger partial charge is 0.128 e. The molecule has 0 unspecified atom stereocenters. The van der Waals surface area contributed by atoms with Gasteiger partial charge >= 0.3 is 0 Å². The first-order valence-electron chi connectivity index (χ1n) is 9.76. The second-order valence-electron chi connectivity index (χ2n) is 7.95. The van der Waals surface area contributed by atoms with Crippen molar-refractivity contribution in [1.82, 2.24) is 19.9 Å². The third-order valence-electron chi connectivity index (χ3n) is 6.08. The Balaban J connectivity index is 1.47. The zero-order valence-corrected chi connectivity index (χ0v) is 15.7. The molecule has 1 aliphatic heterocycles.